The van der Waals surface area contributed by atoms with E-state index in [-0.39, 0.29) is 36.6 Å². The molecule has 3 aliphatic rings. The molecule has 4 amide bonds. The van der Waals surface area contributed by atoms with E-state index in [9.17, 15) is 19.2 Å². The Balaban J connectivity index is 1.42. The lowest BCUT2D eigenvalue weighted by Gasteiger charge is -2.29. The van der Waals surface area contributed by atoms with Crippen molar-refractivity contribution in [1.29, 1.82) is 0 Å². The van der Waals surface area contributed by atoms with Crippen LogP contribution in [0.3, 0.4) is 0 Å². The van der Waals surface area contributed by atoms with Gasteiger partial charge in [0.15, 0.2) is 0 Å². The van der Waals surface area contributed by atoms with E-state index < -0.39 is 12.1 Å². The Kier molecular flexibility index (Phi) is 7.92. The second kappa shape index (κ2) is 12.0. The van der Waals surface area contributed by atoms with Gasteiger partial charge in [0.1, 0.15) is 6.04 Å². The number of likely N-dealkylation sites (N-methyl/N-ethyl adjacent to an activating group) is 2. The van der Waals surface area contributed by atoms with E-state index in [1.54, 1.807) is 59.3 Å². The van der Waals surface area contributed by atoms with Gasteiger partial charge in [0.2, 0.25) is 5.91 Å². The first-order valence-electron chi connectivity index (χ1n) is 14.9. The van der Waals surface area contributed by atoms with Crippen LogP contribution in [-0.4, -0.2) is 66.6 Å². The number of aromatic nitrogens is 1. The second-order valence-corrected chi connectivity index (χ2v) is 11.8. The lowest BCUT2D eigenvalue weighted by Crippen LogP contribution is -2.36. The van der Waals surface area contributed by atoms with Crippen LogP contribution in [-0.2, 0) is 16.1 Å². The van der Waals surface area contributed by atoms with E-state index in [1.807, 2.05) is 50.2 Å². The summed E-state index contributed by atoms with van der Waals surface area (Å²) in [6, 6.07) is 17.5. The first kappa shape index (κ1) is 29.7. The number of nitrogens with one attached hydrogen (secondary N) is 3. The van der Waals surface area contributed by atoms with Gasteiger partial charge in [-0.25, -0.2) is 9.59 Å². The summed E-state index contributed by atoms with van der Waals surface area (Å²) < 4.78 is 5.58. The first-order chi connectivity index (χ1) is 21.6. The number of pyridine rings is 1. The average Bonchev–Trinajstić information content (AvgIpc) is 3.35. The van der Waals surface area contributed by atoms with Gasteiger partial charge in [0, 0.05) is 62.6 Å². The number of nitrogens with zero attached hydrogens (tertiary/aromatic N) is 3. The molecule has 0 unspecified atom stereocenters. The van der Waals surface area contributed by atoms with Gasteiger partial charge < -0.3 is 24.8 Å². The Morgan fingerprint density at radius 2 is 1.73 bits per heavy atom. The van der Waals surface area contributed by atoms with Crippen molar-refractivity contribution in [2.45, 2.75) is 32.4 Å². The van der Waals surface area contributed by atoms with Gasteiger partial charge in [-0.1, -0.05) is 31.2 Å². The summed E-state index contributed by atoms with van der Waals surface area (Å²) in [5, 5.41) is 7.50. The fraction of sp³-hybridized carbons (Fsp3) is 0.294. The highest BCUT2D eigenvalue weighted by molar-refractivity contribution is 5.96. The molecule has 11 nitrogen and oxygen atoms in total. The number of carbonyl (C=O) groups is 3. The zero-order valence-electron chi connectivity index (χ0n) is 25.7. The summed E-state index contributed by atoms with van der Waals surface area (Å²) in [6.45, 7) is 5.37. The predicted octanol–water partition coefficient (Wildman–Crippen LogP) is 5.19. The first-order valence-corrected chi connectivity index (χ1v) is 14.9. The SMILES string of the molecule is Cc1cc2ccc1[C@@H](C)COC(=O)Nc1ccc(N3CCN(C)C3=O)c(c1)CN(C)C(=O)[C@@H]2Nc1ccc2cc[nH]c(=O)c2c1. The van der Waals surface area contributed by atoms with Crippen molar-refractivity contribution in [3.05, 3.63) is 99.5 Å². The van der Waals surface area contributed by atoms with E-state index in [1.165, 1.54) is 0 Å². The maximum atomic E-state index is 14.4. The normalized spacial score (nSPS) is 19.2. The quantitative estimate of drug-likeness (QED) is 0.294. The molecule has 2 atom stereocenters. The van der Waals surface area contributed by atoms with Gasteiger partial charge in [-0.05, 0) is 71.0 Å². The van der Waals surface area contributed by atoms with Crippen LogP contribution in [0.1, 0.15) is 41.1 Å². The molecular formula is C34H36N6O5. The molecule has 0 aliphatic carbocycles. The average molecular weight is 609 g/mol. The highest BCUT2D eigenvalue weighted by Gasteiger charge is 2.31. The van der Waals surface area contributed by atoms with Crippen molar-refractivity contribution in [3.63, 3.8) is 0 Å². The summed E-state index contributed by atoms with van der Waals surface area (Å²) in [7, 11) is 3.46. The van der Waals surface area contributed by atoms with Crippen LogP contribution < -0.4 is 21.1 Å². The molecule has 11 heteroatoms. The number of anilines is 3. The molecule has 232 valence electrons. The molecule has 4 aromatic rings. The van der Waals surface area contributed by atoms with Gasteiger partial charge >= 0.3 is 12.1 Å². The van der Waals surface area contributed by atoms with Crippen molar-refractivity contribution in [1.82, 2.24) is 14.8 Å². The topological polar surface area (TPSA) is 127 Å². The summed E-state index contributed by atoms with van der Waals surface area (Å²) >= 11 is 0. The maximum absolute atomic E-state index is 14.4. The van der Waals surface area contributed by atoms with Gasteiger partial charge in [0.25, 0.3) is 5.56 Å². The zero-order chi connectivity index (χ0) is 31.8. The van der Waals surface area contributed by atoms with Crippen LogP contribution in [0.15, 0.2) is 71.7 Å². The molecule has 3 aliphatic heterocycles. The number of amides is 4. The number of benzene rings is 3. The molecule has 0 radical (unpaired) electrons. The van der Waals surface area contributed by atoms with E-state index in [4.69, 9.17) is 4.74 Å². The smallest absolute Gasteiger partial charge is 0.411 e. The molecule has 0 spiro atoms. The third-order valence-corrected chi connectivity index (χ3v) is 8.57. The molecule has 4 heterocycles. The molecule has 3 N–H and O–H groups in total. The summed E-state index contributed by atoms with van der Waals surface area (Å²) in [5.41, 5.74) is 4.97. The van der Waals surface area contributed by atoms with Crippen molar-refractivity contribution in [2.24, 2.45) is 0 Å². The number of aryl methyl sites for hydroxylation is 1. The number of urea groups is 1. The van der Waals surface area contributed by atoms with E-state index in [0.29, 0.717) is 41.1 Å². The molecule has 0 saturated carbocycles. The van der Waals surface area contributed by atoms with Gasteiger partial charge in [-0.15, -0.1) is 0 Å². The monoisotopic (exact) mass is 608 g/mol. The van der Waals surface area contributed by atoms with Gasteiger partial charge in [-0.3, -0.25) is 19.8 Å². The number of hydrogen-bond acceptors (Lipinski definition) is 6. The van der Waals surface area contributed by atoms with Crippen LogP contribution in [0, 0.1) is 6.92 Å². The highest BCUT2D eigenvalue weighted by Crippen LogP contribution is 2.32. The number of hydrogen-bond donors (Lipinski definition) is 3. The van der Waals surface area contributed by atoms with Crippen molar-refractivity contribution < 1.29 is 19.1 Å². The van der Waals surface area contributed by atoms with Crippen molar-refractivity contribution in [3.8, 4) is 0 Å². The summed E-state index contributed by atoms with van der Waals surface area (Å²) in [6.07, 6.45) is 1.03. The fourth-order valence-corrected chi connectivity index (χ4v) is 6.08. The minimum atomic E-state index is -0.784. The maximum Gasteiger partial charge on any atom is 0.411 e. The second-order valence-electron chi connectivity index (χ2n) is 11.8. The molecule has 1 saturated heterocycles. The third-order valence-electron chi connectivity index (χ3n) is 8.57. The summed E-state index contributed by atoms with van der Waals surface area (Å²) in [4.78, 5) is 60.2. The molecule has 1 aromatic heterocycles. The third kappa shape index (κ3) is 5.93. The molecule has 4 bridgehead atoms. The Hall–Kier alpha value is -5.32. The Morgan fingerprint density at radius 1 is 0.911 bits per heavy atom. The van der Waals surface area contributed by atoms with Crippen molar-refractivity contribution >= 4 is 45.9 Å². The van der Waals surface area contributed by atoms with Crippen LogP contribution in [0.5, 0.6) is 0 Å². The zero-order valence-corrected chi connectivity index (χ0v) is 25.7. The molecule has 45 heavy (non-hydrogen) atoms. The largest absolute Gasteiger partial charge is 0.449 e. The van der Waals surface area contributed by atoms with Gasteiger partial charge in [-0.2, -0.15) is 0 Å². The van der Waals surface area contributed by atoms with Gasteiger partial charge in [0.05, 0.1) is 12.3 Å². The molecule has 1 fully saturated rings. The number of carbonyl (C=O) groups excluding carboxylic acids is 3. The predicted molar refractivity (Wildman–Crippen MR) is 174 cm³/mol. The van der Waals surface area contributed by atoms with Crippen molar-refractivity contribution in [2.75, 3.05) is 49.3 Å². The minimum absolute atomic E-state index is 0.0918. The highest BCUT2D eigenvalue weighted by atomic mass is 16.5. The number of H-pyrrole nitrogens is 1. The number of fused-ring (bicyclic) bond motifs is 10. The lowest BCUT2D eigenvalue weighted by molar-refractivity contribution is -0.131. The Labute approximate surface area is 260 Å². The number of ether oxygens (including phenoxy) is 1. The molecular weight excluding hydrogens is 572 g/mol. The molecule has 7 rings (SSSR count). The fourth-order valence-electron chi connectivity index (χ4n) is 6.08. The van der Waals surface area contributed by atoms with Crippen LogP contribution in [0.2, 0.25) is 0 Å². The molecule has 3 aromatic carbocycles. The van der Waals surface area contributed by atoms with E-state index in [0.717, 1.165) is 22.1 Å². The lowest BCUT2D eigenvalue weighted by atomic mass is 9.93. The van der Waals surface area contributed by atoms with E-state index >= 15 is 0 Å². The summed E-state index contributed by atoms with van der Waals surface area (Å²) in [5.74, 6) is -0.302. The van der Waals surface area contributed by atoms with Crippen LogP contribution in [0.4, 0.5) is 26.7 Å². The Morgan fingerprint density at radius 3 is 2.49 bits per heavy atom. The van der Waals surface area contributed by atoms with Crippen LogP contribution >= 0.6 is 0 Å². The minimum Gasteiger partial charge on any atom is -0.449 e. The standard InChI is InChI=1S/C34H36N6O5/c1-20-15-23-6-9-27(20)21(2)19-45-33(43)37-25-8-10-29(40-14-13-38(3)34(40)44)24(16-25)18-39(4)32(42)30(23)36-26-7-5-22-11-12-35-31(41)28(22)17-26/h5-12,15-17,21,30,36H,13-14,18-19H2,1-4H3,(H,35,41)(H,37,43)/t21-,30+/m0/s1. The number of aromatic amines is 1. The van der Waals surface area contributed by atoms with Crippen LogP contribution in [0.25, 0.3) is 10.8 Å². The number of rotatable bonds is 3. The van der Waals surface area contributed by atoms with E-state index in [2.05, 4.69) is 15.6 Å². The Bertz CT molecular complexity index is 1870.